The summed E-state index contributed by atoms with van der Waals surface area (Å²) in [6, 6.07) is 7.40. The summed E-state index contributed by atoms with van der Waals surface area (Å²) in [5, 5.41) is 7.41. The SMILES string of the molecule is N=C(N)c1cccc(CN2CCN(CC(F)(F)F)CC2)c1. The zero-order valence-electron chi connectivity index (χ0n) is 11.7. The molecule has 7 heteroatoms. The molecular formula is C14H19F3N4. The molecule has 4 nitrogen and oxygen atoms in total. The first-order chi connectivity index (χ1) is 9.83. The molecule has 0 saturated carbocycles. The first kappa shape index (κ1) is 15.8. The van der Waals surface area contributed by atoms with Crippen LogP contribution < -0.4 is 5.73 Å². The quantitative estimate of drug-likeness (QED) is 0.657. The number of nitrogen functional groups attached to an aromatic ring is 1. The first-order valence-electron chi connectivity index (χ1n) is 6.78. The van der Waals surface area contributed by atoms with Gasteiger partial charge < -0.3 is 5.73 Å². The lowest BCUT2D eigenvalue weighted by molar-refractivity contribution is -0.149. The molecule has 0 radical (unpaired) electrons. The summed E-state index contributed by atoms with van der Waals surface area (Å²) in [4.78, 5) is 3.55. The van der Waals surface area contributed by atoms with Crippen LogP contribution in [0.1, 0.15) is 11.1 Å². The Morgan fingerprint density at radius 3 is 2.33 bits per heavy atom. The molecule has 0 bridgehead atoms. The van der Waals surface area contributed by atoms with Gasteiger partial charge in [-0.15, -0.1) is 0 Å². The van der Waals surface area contributed by atoms with Gasteiger partial charge in [0, 0.05) is 38.3 Å². The van der Waals surface area contributed by atoms with Crippen LogP contribution in [0.5, 0.6) is 0 Å². The number of amidine groups is 1. The van der Waals surface area contributed by atoms with Crippen LogP contribution in [-0.4, -0.2) is 54.5 Å². The number of benzene rings is 1. The van der Waals surface area contributed by atoms with E-state index in [4.69, 9.17) is 11.1 Å². The topological polar surface area (TPSA) is 56.4 Å². The maximum absolute atomic E-state index is 12.3. The molecule has 0 amide bonds. The number of halogens is 3. The number of nitrogens with two attached hydrogens (primary N) is 1. The molecular weight excluding hydrogens is 281 g/mol. The Balaban J connectivity index is 1.86. The number of rotatable bonds is 4. The smallest absolute Gasteiger partial charge is 0.384 e. The van der Waals surface area contributed by atoms with Gasteiger partial charge in [-0.2, -0.15) is 13.2 Å². The lowest BCUT2D eigenvalue weighted by Gasteiger charge is -2.35. The van der Waals surface area contributed by atoms with Gasteiger partial charge in [0.25, 0.3) is 0 Å². The fraction of sp³-hybridized carbons (Fsp3) is 0.500. The van der Waals surface area contributed by atoms with Gasteiger partial charge in [-0.05, 0) is 11.6 Å². The van der Waals surface area contributed by atoms with Gasteiger partial charge in [0.1, 0.15) is 5.84 Å². The van der Waals surface area contributed by atoms with E-state index in [0.29, 0.717) is 38.3 Å². The minimum Gasteiger partial charge on any atom is -0.384 e. The van der Waals surface area contributed by atoms with E-state index in [-0.39, 0.29) is 5.84 Å². The van der Waals surface area contributed by atoms with E-state index >= 15 is 0 Å². The van der Waals surface area contributed by atoms with Crippen LogP contribution in [0.15, 0.2) is 24.3 Å². The minimum absolute atomic E-state index is 0.0202. The van der Waals surface area contributed by atoms with Crippen LogP contribution in [0.3, 0.4) is 0 Å². The molecule has 1 aromatic rings. The largest absolute Gasteiger partial charge is 0.401 e. The Hall–Kier alpha value is -1.60. The van der Waals surface area contributed by atoms with Crippen molar-refractivity contribution >= 4 is 5.84 Å². The average Bonchev–Trinajstić information content (AvgIpc) is 2.40. The molecule has 0 spiro atoms. The highest BCUT2D eigenvalue weighted by atomic mass is 19.4. The number of nitrogens with zero attached hydrogens (tertiary/aromatic N) is 2. The van der Waals surface area contributed by atoms with E-state index in [1.54, 1.807) is 6.07 Å². The van der Waals surface area contributed by atoms with Crippen molar-refractivity contribution in [2.24, 2.45) is 5.73 Å². The maximum Gasteiger partial charge on any atom is 0.401 e. The highest BCUT2D eigenvalue weighted by Crippen LogP contribution is 2.18. The molecule has 0 atom stereocenters. The first-order valence-corrected chi connectivity index (χ1v) is 6.78. The van der Waals surface area contributed by atoms with Crippen molar-refractivity contribution in [2.75, 3.05) is 32.7 Å². The minimum atomic E-state index is -4.13. The molecule has 116 valence electrons. The Labute approximate surface area is 121 Å². The van der Waals surface area contributed by atoms with Gasteiger partial charge >= 0.3 is 6.18 Å². The second-order valence-electron chi connectivity index (χ2n) is 5.28. The highest BCUT2D eigenvalue weighted by Gasteiger charge is 2.32. The number of hydrogen-bond donors (Lipinski definition) is 2. The van der Waals surface area contributed by atoms with E-state index in [1.165, 1.54) is 4.90 Å². The van der Waals surface area contributed by atoms with Gasteiger partial charge in [0.2, 0.25) is 0 Å². The molecule has 1 fully saturated rings. The van der Waals surface area contributed by atoms with E-state index < -0.39 is 12.7 Å². The number of piperazine rings is 1. The monoisotopic (exact) mass is 300 g/mol. The molecule has 1 heterocycles. The second kappa shape index (κ2) is 6.44. The Morgan fingerprint density at radius 2 is 1.76 bits per heavy atom. The van der Waals surface area contributed by atoms with Gasteiger partial charge in [-0.25, -0.2) is 0 Å². The van der Waals surface area contributed by atoms with Crippen molar-refractivity contribution in [2.45, 2.75) is 12.7 Å². The Kier molecular flexibility index (Phi) is 4.84. The molecule has 1 saturated heterocycles. The molecule has 1 aromatic carbocycles. The maximum atomic E-state index is 12.3. The molecule has 0 unspecified atom stereocenters. The Morgan fingerprint density at radius 1 is 1.14 bits per heavy atom. The van der Waals surface area contributed by atoms with Crippen LogP contribution >= 0.6 is 0 Å². The zero-order valence-corrected chi connectivity index (χ0v) is 11.7. The number of alkyl halides is 3. The predicted octanol–water partition coefficient (Wildman–Crippen LogP) is 1.65. The summed E-state index contributed by atoms with van der Waals surface area (Å²) in [5.41, 5.74) is 7.14. The van der Waals surface area contributed by atoms with E-state index in [2.05, 4.69) is 4.90 Å². The third-order valence-corrected chi connectivity index (χ3v) is 3.51. The highest BCUT2D eigenvalue weighted by molar-refractivity contribution is 5.95. The fourth-order valence-electron chi connectivity index (χ4n) is 2.45. The number of nitrogens with one attached hydrogen (secondary N) is 1. The van der Waals surface area contributed by atoms with Crippen LogP contribution in [0, 0.1) is 5.41 Å². The van der Waals surface area contributed by atoms with Crippen molar-refractivity contribution < 1.29 is 13.2 Å². The van der Waals surface area contributed by atoms with E-state index in [0.717, 1.165) is 5.56 Å². The normalized spacial score (nSPS) is 17.9. The number of hydrogen-bond acceptors (Lipinski definition) is 3. The molecule has 2 rings (SSSR count). The molecule has 0 aliphatic carbocycles. The summed E-state index contributed by atoms with van der Waals surface area (Å²) in [5.74, 6) is 0.0202. The zero-order chi connectivity index (χ0) is 15.5. The molecule has 0 aromatic heterocycles. The lowest BCUT2D eigenvalue weighted by atomic mass is 10.1. The summed E-state index contributed by atoms with van der Waals surface area (Å²) >= 11 is 0. The van der Waals surface area contributed by atoms with Crippen molar-refractivity contribution in [3.8, 4) is 0 Å². The summed E-state index contributed by atoms with van der Waals surface area (Å²) in [7, 11) is 0. The van der Waals surface area contributed by atoms with Crippen LogP contribution in [0.2, 0.25) is 0 Å². The van der Waals surface area contributed by atoms with Gasteiger partial charge in [0.05, 0.1) is 6.54 Å². The van der Waals surface area contributed by atoms with Crippen LogP contribution in [0.4, 0.5) is 13.2 Å². The van der Waals surface area contributed by atoms with Crippen molar-refractivity contribution in [1.82, 2.24) is 9.80 Å². The van der Waals surface area contributed by atoms with Crippen molar-refractivity contribution in [3.05, 3.63) is 35.4 Å². The standard InChI is InChI=1S/C14H19F3N4/c15-14(16,17)10-21-6-4-20(5-7-21)9-11-2-1-3-12(8-11)13(18)19/h1-3,8H,4-7,9-10H2,(H3,18,19). The van der Waals surface area contributed by atoms with Crippen LogP contribution in [0.25, 0.3) is 0 Å². The van der Waals surface area contributed by atoms with Gasteiger partial charge in [-0.3, -0.25) is 15.2 Å². The third kappa shape index (κ3) is 5.02. The lowest BCUT2D eigenvalue weighted by Crippen LogP contribution is -2.48. The van der Waals surface area contributed by atoms with Gasteiger partial charge in [0.15, 0.2) is 0 Å². The summed E-state index contributed by atoms with van der Waals surface area (Å²) < 4.78 is 37.0. The van der Waals surface area contributed by atoms with E-state index in [9.17, 15) is 13.2 Å². The fourth-order valence-corrected chi connectivity index (χ4v) is 2.45. The molecule has 1 aliphatic heterocycles. The second-order valence-corrected chi connectivity index (χ2v) is 5.28. The molecule has 21 heavy (non-hydrogen) atoms. The van der Waals surface area contributed by atoms with Crippen LogP contribution in [-0.2, 0) is 6.54 Å². The third-order valence-electron chi connectivity index (χ3n) is 3.51. The Bertz CT molecular complexity index is 493. The summed E-state index contributed by atoms with van der Waals surface area (Å²) in [6.07, 6.45) is -4.13. The average molecular weight is 300 g/mol. The molecule has 1 aliphatic rings. The molecule has 3 N–H and O–H groups in total. The predicted molar refractivity (Wildman–Crippen MR) is 75.2 cm³/mol. The van der Waals surface area contributed by atoms with E-state index in [1.807, 2.05) is 18.2 Å². The van der Waals surface area contributed by atoms with Crippen molar-refractivity contribution in [1.29, 1.82) is 5.41 Å². The van der Waals surface area contributed by atoms with Gasteiger partial charge in [-0.1, -0.05) is 18.2 Å². The van der Waals surface area contributed by atoms with Crippen molar-refractivity contribution in [3.63, 3.8) is 0 Å². The summed E-state index contributed by atoms with van der Waals surface area (Å²) in [6.45, 7) is 1.90.